The topological polar surface area (TPSA) is 128 Å². The monoisotopic (exact) mass is 543 g/mol. The van der Waals surface area contributed by atoms with E-state index in [2.05, 4.69) is 16.1 Å². The van der Waals surface area contributed by atoms with Gasteiger partial charge in [-0.25, -0.2) is 9.40 Å². The summed E-state index contributed by atoms with van der Waals surface area (Å²) >= 11 is 5.41. The summed E-state index contributed by atoms with van der Waals surface area (Å²) in [6.45, 7) is 9.55. The van der Waals surface area contributed by atoms with E-state index in [4.69, 9.17) is 11.6 Å². The highest BCUT2D eigenvalue weighted by Crippen LogP contribution is 2.43. The largest absolute Gasteiger partial charge is 0.356 e. The van der Waals surface area contributed by atoms with E-state index in [0.717, 1.165) is 24.3 Å². The third-order valence-corrected chi connectivity index (χ3v) is 7.82. The number of hydrogen-bond acceptors (Lipinski definition) is 5. The van der Waals surface area contributed by atoms with Crippen molar-refractivity contribution in [3.8, 4) is 0 Å². The number of likely N-dealkylation sites (tertiary alicyclic amines) is 1. The Bertz CT molecular complexity index is 924. The lowest BCUT2D eigenvalue weighted by Gasteiger charge is -2.37. The van der Waals surface area contributed by atoms with Gasteiger partial charge >= 0.3 is 0 Å². The summed E-state index contributed by atoms with van der Waals surface area (Å²) in [7, 11) is 0. The second-order valence-electron chi connectivity index (χ2n) is 11.8. The molecule has 3 fully saturated rings. The molecular weight excluding hydrogens is 505 g/mol. The van der Waals surface area contributed by atoms with Gasteiger partial charge in [0, 0.05) is 19.0 Å². The van der Waals surface area contributed by atoms with Gasteiger partial charge < -0.3 is 15.5 Å². The standard InChI is InChI=1S/C25H39ClFN5O5/c1-13(2)20(33)29-18(25(3,4)5)23(36)31-11-14-7-6-8-16(14)17(31)22(35)30-32(24(37)19(26)27)12-15-9-10-28-21(15)34/h13-19H,6-12H2,1-5H3,(H,28,34)(H,29,33)(H,30,35)/t14-,15-,16-,17-,18?,19?/m0/s1. The first-order valence-electron chi connectivity index (χ1n) is 13.0. The Kier molecular flexibility index (Phi) is 9.08. The van der Waals surface area contributed by atoms with Gasteiger partial charge in [0.05, 0.1) is 12.5 Å². The van der Waals surface area contributed by atoms with Crippen LogP contribution in [0.2, 0.25) is 0 Å². The summed E-state index contributed by atoms with van der Waals surface area (Å²) in [5.74, 6) is -3.70. The minimum absolute atomic E-state index is 0.104. The van der Waals surface area contributed by atoms with Gasteiger partial charge in [-0.1, -0.05) is 52.6 Å². The van der Waals surface area contributed by atoms with E-state index in [1.165, 1.54) is 4.90 Å². The molecule has 6 atom stereocenters. The molecule has 5 amide bonds. The quantitative estimate of drug-likeness (QED) is 0.330. The third-order valence-electron chi connectivity index (χ3n) is 7.63. The van der Waals surface area contributed by atoms with Gasteiger partial charge in [-0.15, -0.1) is 0 Å². The third kappa shape index (κ3) is 6.53. The number of halogens is 2. The molecule has 3 rings (SSSR count). The van der Waals surface area contributed by atoms with Crippen LogP contribution in [0.3, 0.4) is 0 Å². The van der Waals surface area contributed by atoms with Gasteiger partial charge in [0.1, 0.15) is 12.1 Å². The van der Waals surface area contributed by atoms with Crippen LogP contribution in [0.4, 0.5) is 4.39 Å². The molecule has 0 spiro atoms. The number of rotatable bonds is 7. The predicted octanol–water partition coefficient (Wildman–Crippen LogP) is 1.33. The van der Waals surface area contributed by atoms with Crippen LogP contribution in [0.1, 0.15) is 60.3 Å². The Balaban J connectivity index is 1.86. The molecule has 3 N–H and O–H groups in total. The highest BCUT2D eigenvalue weighted by molar-refractivity contribution is 6.29. The number of carbonyl (C=O) groups is 5. The van der Waals surface area contributed by atoms with Crippen LogP contribution in [-0.2, 0) is 24.0 Å². The molecule has 0 aromatic heterocycles. The van der Waals surface area contributed by atoms with Crippen molar-refractivity contribution in [2.45, 2.75) is 78.0 Å². The van der Waals surface area contributed by atoms with Gasteiger partial charge in [0.15, 0.2) is 0 Å². The summed E-state index contributed by atoms with van der Waals surface area (Å²) in [5, 5.41) is 6.26. The molecule has 0 radical (unpaired) electrons. The fourth-order valence-electron chi connectivity index (χ4n) is 5.54. The van der Waals surface area contributed by atoms with Gasteiger partial charge in [-0.05, 0) is 36.5 Å². The van der Waals surface area contributed by atoms with Crippen molar-refractivity contribution in [1.29, 1.82) is 0 Å². The predicted molar refractivity (Wildman–Crippen MR) is 134 cm³/mol. The van der Waals surface area contributed by atoms with Crippen molar-refractivity contribution in [2.75, 3.05) is 19.6 Å². The molecule has 2 saturated heterocycles. The zero-order valence-corrected chi connectivity index (χ0v) is 22.9. The van der Waals surface area contributed by atoms with Crippen LogP contribution >= 0.6 is 11.6 Å². The van der Waals surface area contributed by atoms with Gasteiger partial charge in [0.2, 0.25) is 17.7 Å². The van der Waals surface area contributed by atoms with E-state index in [1.54, 1.807) is 13.8 Å². The minimum Gasteiger partial charge on any atom is -0.356 e. The molecule has 0 aromatic carbocycles. The number of hydrogen-bond donors (Lipinski definition) is 3. The normalized spacial score (nSPS) is 26.9. The van der Waals surface area contributed by atoms with E-state index in [-0.39, 0.29) is 42.0 Å². The van der Waals surface area contributed by atoms with Crippen LogP contribution in [0.25, 0.3) is 0 Å². The lowest BCUT2D eigenvalue weighted by molar-refractivity contribution is -0.150. The Morgan fingerprint density at radius 3 is 2.41 bits per heavy atom. The SMILES string of the molecule is CC(C)C(=O)NC(C(=O)N1C[C@@H]2CCC[C@@H]2[C@H]1C(=O)NN(C[C@@H]1CCNC1=O)C(=O)C(F)Cl)C(C)(C)C. The first-order chi connectivity index (χ1) is 17.2. The van der Waals surface area contributed by atoms with Crippen LogP contribution in [-0.4, -0.2) is 76.8 Å². The van der Waals surface area contributed by atoms with Crippen molar-refractivity contribution < 1.29 is 28.4 Å². The Hall–Kier alpha value is -2.43. The van der Waals surface area contributed by atoms with E-state index in [1.807, 2.05) is 20.8 Å². The Labute approximate surface area is 222 Å². The molecule has 208 valence electrons. The first kappa shape index (κ1) is 29.1. The number of fused-ring (bicyclic) bond motifs is 1. The highest BCUT2D eigenvalue weighted by Gasteiger charge is 2.52. The van der Waals surface area contributed by atoms with E-state index in [0.29, 0.717) is 19.5 Å². The minimum atomic E-state index is -2.40. The number of hydrazine groups is 1. The smallest absolute Gasteiger partial charge is 0.291 e. The lowest BCUT2D eigenvalue weighted by Crippen LogP contribution is -2.61. The van der Waals surface area contributed by atoms with Crippen molar-refractivity contribution in [3.05, 3.63) is 0 Å². The summed E-state index contributed by atoms with van der Waals surface area (Å²) < 4.78 is 13.8. The van der Waals surface area contributed by atoms with E-state index < -0.39 is 40.9 Å². The average Bonchev–Trinajstić information content (AvgIpc) is 3.51. The van der Waals surface area contributed by atoms with Crippen molar-refractivity contribution in [2.24, 2.45) is 29.1 Å². The fourth-order valence-corrected chi connectivity index (χ4v) is 5.66. The molecule has 12 heteroatoms. The number of carbonyl (C=O) groups excluding carboxylic acids is 5. The molecule has 10 nitrogen and oxygen atoms in total. The highest BCUT2D eigenvalue weighted by atomic mass is 35.5. The number of amides is 5. The summed E-state index contributed by atoms with van der Waals surface area (Å²) in [6, 6.07) is -1.77. The fraction of sp³-hybridized carbons (Fsp3) is 0.800. The van der Waals surface area contributed by atoms with Gasteiger partial charge in [-0.2, -0.15) is 0 Å². The number of nitrogens with one attached hydrogen (secondary N) is 3. The molecule has 0 bridgehead atoms. The summed E-state index contributed by atoms with van der Waals surface area (Å²) in [6.07, 6.45) is 2.92. The molecule has 0 aromatic rings. The Morgan fingerprint density at radius 2 is 1.86 bits per heavy atom. The zero-order valence-electron chi connectivity index (χ0n) is 22.2. The Morgan fingerprint density at radius 1 is 1.19 bits per heavy atom. The molecular formula is C25H39ClFN5O5. The van der Waals surface area contributed by atoms with Crippen LogP contribution < -0.4 is 16.1 Å². The van der Waals surface area contributed by atoms with Gasteiger partial charge in [0.25, 0.3) is 17.4 Å². The molecule has 1 saturated carbocycles. The molecule has 2 unspecified atom stereocenters. The van der Waals surface area contributed by atoms with Crippen LogP contribution in [0, 0.1) is 29.1 Å². The lowest BCUT2D eigenvalue weighted by atomic mass is 9.85. The molecule has 2 heterocycles. The molecule has 1 aliphatic carbocycles. The van der Waals surface area contributed by atoms with E-state index >= 15 is 0 Å². The molecule has 37 heavy (non-hydrogen) atoms. The maximum Gasteiger partial charge on any atom is 0.291 e. The van der Waals surface area contributed by atoms with Crippen molar-refractivity contribution in [1.82, 2.24) is 26.0 Å². The van der Waals surface area contributed by atoms with E-state index in [9.17, 15) is 28.4 Å². The van der Waals surface area contributed by atoms with Crippen LogP contribution in [0.15, 0.2) is 0 Å². The van der Waals surface area contributed by atoms with Gasteiger partial charge in [-0.3, -0.25) is 29.4 Å². The van der Waals surface area contributed by atoms with Crippen molar-refractivity contribution in [3.63, 3.8) is 0 Å². The zero-order chi connectivity index (χ0) is 27.7. The average molecular weight is 544 g/mol. The maximum absolute atomic E-state index is 13.9. The van der Waals surface area contributed by atoms with Crippen LogP contribution in [0.5, 0.6) is 0 Å². The second kappa shape index (κ2) is 11.5. The van der Waals surface area contributed by atoms with Crippen molar-refractivity contribution >= 4 is 41.1 Å². The first-order valence-corrected chi connectivity index (χ1v) is 13.4. The molecule has 3 aliphatic rings. The second-order valence-corrected chi connectivity index (χ2v) is 12.1. The molecule has 2 aliphatic heterocycles. The maximum atomic E-state index is 13.9. The summed E-state index contributed by atoms with van der Waals surface area (Å²) in [5.41, 5.74) is -0.547. The summed E-state index contributed by atoms with van der Waals surface area (Å²) in [4.78, 5) is 66.1. The number of nitrogens with zero attached hydrogens (tertiary/aromatic N) is 2. The number of alkyl halides is 2.